The molecule has 0 bridgehead atoms. The molecule has 4 aromatic carbocycles. The number of anilines is 1. The van der Waals surface area contributed by atoms with E-state index in [2.05, 4.69) is 21.2 Å². The van der Waals surface area contributed by atoms with E-state index >= 15 is 0 Å². The first-order valence-electron chi connectivity index (χ1n) is 15.0. The van der Waals surface area contributed by atoms with Crippen LogP contribution in [0.4, 0.5) is 5.69 Å². The Labute approximate surface area is 268 Å². The molecular weight excluding hydrogens is 638 g/mol. The number of hydrogen-bond donors (Lipinski definition) is 1. The Balaban J connectivity index is 1.54. The monoisotopic (exact) mass is 675 g/mol. The zero-order valence-corrected chi connectivity index (χ0v) is 27.3. The van der Waals surface area contributed by atoms with Crippen molar-refractivity contribution in [3.63, 3.8) is 0 Å². The molecule has 7 nitrogen and oxygen atoms in total. The van der Waals surface area contributed by atoms with E-state index in [0.29, 0.717) is 12.1 Å². The van der Waals surface area contributed by atoms with Gasteiger partial charge in [0.25, 0.3) is 0 Å². The van der Waals surface area contributed by atoms with Crippen LogP contribution in [0.5, 0.6) is 0 Å². The normalized spacial score (nSPS) is 14.6. The summed E-state index contributed by atoms with van der Waals surface area (Å²) in [6.45, 7) is -0.302. The van der Waals surface area contributed by atoms with Crippen LogP contribution >= 0.6 is 15.9 Å². The summed E-state index contributed by atoms with van der Waals surface area (Å²) in [5.41, 5.74) is 2.16. The van der Waals surface area contributed by atoms with Crippen molar-refractivity contribution in [2.45, 2.75) is 57.2 Å². The first-order valence-corrected chi connectivity index (χ1v) is 17.7. The molecule has 0 saturated heterocycles. The fourth-order valence-electron chi connectivity index (χ4n) is 5.95. The Morgan fingerprint density at radius 1 is 0.864 bits per heavy atom. The van der Waals surface area contributed by atoms with Gasteiger partial charge >= 0.3 is 0 Å². The molecule has 1 aliphatic rings. The van der Waals surface area contributed by atoms with Crippen LogP contribution in [0.3, 0.4) is 0 Å². The van der Waals surface area contributed by atoms with Crippen molar-refractivity contribution >= 4 is 54.2 Å². The van der Waals surface area contributed by atoms with Gasteiger partial charge in [0.05, 0.1) is 11.9 Å². The highest BCUT2D eigenvalue weighted by molar-refractivity contribution is 9.10. The van der Waals surface area contributed by atoms with E-state index in [0.717, 1.165) is 69.0 Å². The summed E-state index contributed by atoms with van der Waals surface area (Å²) in [4.78, 5) is 30.1. The lowest BCUT2D eigenvalue weighted by atomic mass is 9.94. The molecule has 0 radical (unpaired) electrons. The van der Waals surface area contributed by atoms with Crippen molar-refractivity contribution in [3.8, 4) is 0 Å². The summed E-state index contributed by atoms with van der Waals surface area (Å²) < 4.78 is 28.5. The summed E-state index contributed by atoms with van der Waals surface area (Å²) in [5, 5.41) is 4.83. The molecule has 0 spiro atoms. The first-order chi connectivity index (χ1) is 21.2. The number of halogens is 1. The number of hydrogen-bond acceptors (Lipinski definition) is 4. The minimum atomic E-state index is -3.87. The third-order valence-corrected chi connectivity index (χ3v) is 9.80. The summed E-state index contributed by atoms with van der Waals surface area (Å²) in [5.74, 6) is -0.678. The average molecular weight is 677 g/mol. The summed E-state index contributed by atoms with van der Waals surface area (Å²) >= 11 is 3.52. The van der Waals surface area contributed by atoms with Crippen molar-refractivity contribution in [2.24, 2.45) is 0 Å². The highest BCUT2D eigenvalue weighted by atomic mass is 79.9. The van der Waals surface area contributed by atoms with Gasteiger partial charge in [-0.2, -0.15) is 0 Å². The zero-order chi connectivity index (χ0) is 31.1. The number of benzene rings is 4. The Morgan fingerprint density at radius 2 is 1.52 bits per heavy atom. The molecule has 1 saturated carbocycles. The minimum Gasteiger partial charge on any atom is -0.352 e. The number of carbonyl (C=O) groups is 2. The average Bonchev–Trinajstić information content (AvgIpc) is 3.01. The minimum absolute atomic E-state index is 0.0561. The number of rotatable bonds is 11. The Hall–Kier alpha value is -3.69. The number of carbonyl (C=O) groups excluding carboxylic acids is 2. The van der Waals surface area contributed by atoms with Gasteiger partial charge in [-0.15, -0.1) is 0 Å². The van der Waals surface area contributed by atoms with Crippen LogP contribution < -0.4 is 9.62 Å². The fraction of sp³-hybridized carbons (Fsp3) is 0.314. The molecule has 2 amide bonds. The molecule has 0 unspecified atom stereocenters. The summed E-state index contributed by atoms with van der Waals surface area (Å²) in [7, 11) is -3.87. The summed E-state index contributed by atoms with van der Waals surface area (Å²) in [6, 6.07) is 29.4. The second-order valence-electron chi connectivity index (χ2n) is 11.5. The molecule has 0 heterocycles. The number of sulfonamides is 1. The second kappa shape index (κ2) is 14.4. The van der Waals surface area contributed by atoms with Gasteiger partial charge in [-0.25, -0.2) is 8.42 Å². The van der Waals surface area contributed by atoms with Gasteiger partial charge in [-0.3, -0.25) is 13.9 Å². The van der Waals surface area contributed by atoms with E-state index in [1.165, 1.54) is 0 Å². The maximum absolute atomic E-state index is 14.5. The van der Waals surface area contributed by atoms with Gasteiger partial charge in [0.2, 0.25) is 21.8 Å². The smallest absolute Gasteiger partial charge is 0.244 e. The fourth-order valence-corrected chi connectivity index (χ4v) is 7.26. The predicted octanol–water partition coefficient (Wildman–Crippen LogP) is 6.46. The van der Waals surface area contributed by atoms with Crippen molar-refractivity contribution in [3.05, 3.63) is 113 Å². The maximum Gasteiger partial charge on any atom is 0.244 e. The van der Waals surface area contributed by atoms with Crippen molar-refractivity contribution in [1.29, 1.82) is 0 Å². The van der Waals surface area contributed by atoms with Crippen LogP contribution in [0.2, 0.25) is 0 Å². The topological polar surface area (TPSA) is 86.8 Å². The molecule has 44 heavy (non-hydrogen) atoms. The first kappa shape index (κ1) is 31.7. The van der Waals surface area contributed by atoms with Gasteiger partial charge in [0.1, 0.15) is 12.6 Å². The van der Waals surface area contributed by atoms with Gasteiger partial charge in [0, 0.05) is 28.9 Å². The Bertz CT molecular complexity index is 1700. The number of fused-ring (bicyclic) bond motifs is 1. The van der Waals surface area contributed by atoms with E-state index in [4.69, 9.17) is 0 Å². The standard InChI is InChI=1S/C35H38BrN3O4S/c1-44(42,43)39(32-21-11-16-28-15-8-9-20-31(28)32)25-34(40)38(24-27-14-10-17-29(36)22-27)33(23-26-12-4-2-5-13-26)35(41)37-30-18-6-3-7-19-30/h2,4-5,8-17,20-22,30,33H,3,6-7,18-19,23-25H2,1H3,(H,37,41)/t33-/m0/s1. The molecular formula is C35H38BrN3O4S. The predicted molar refractivity (Wildman–Crippen MR) is 180 cm³/mol. The van der Waals surface area contributed by atoms with Crippen LogP contribution in [-0.2, 0) is 32.6 Å². The quantitative estimate of drug-likeness (QED) is 0.198. The van der Waals surface area contributed by atoms with Crippen LogP contribution in [0.15, 0.2) is 102 Å². The van der Waals surface area contributed by atoms with Crippen molar-refractivity contribution in [1.82, 2.24) is 10.2 Å². The molecule has 1 fully saturated rings. The molecule has 1 aliphatic carbocycles. The van der Waals surface area contributed by atoms with E-state index < -0.39 is 28.5 Å². The third kappa shape index (κ3) is 8.07. The van der Waals surface area contributed by atoms with Crippen LogP contribution in [0.1, 0.15) is 43.2 Å². The lowest BCUT2D eigenvalue weighted by Gasteiger charge is -2.35. The number of nitrogens with zero attached hydrogens (tertiary/aromatic N) is 2. The van der Waals surface area contributed by atoms with Crippen LogP contribution in [-0.4, -0.2) is 50.0 Å². The SMILES string of the molecule is CS(=O)(=O)N(CC(=O)N(Cc1cccc(Br)c1)[C@@H](Cc1ccccc1)C(=O)NC1CCCCC1)c1cccc2ccccc12. The molecule has 1 atom stereocenters. The molecule has 9 heteroatoms. The molecule has 0 aromatic heterocycles. The largest absolute Gasteiger partial charge is 0.352 e. The highest BCUT2D eigenvalue weighted by Gasteiger charge is 2.34. The van der Waals surface area contributed by atoms with Crippen molar-refractivity contribution < 1.29 is 18.0 Å². The molecule has 0 aliphatic heterocycles. The van der Waals surface area contributed by atoms with Gasteiger partial charge in [0.15, 0.2) is 0 Å². The zero-order valence-electron chi connectivity index (χ0n) is 24.9. The number of amides is 2. The highest BCUT2D eigenvalue weighted by Crippen LogP contribution is 2.29. The Kier molecular flexibility index (Phi) is 10.4. The Morgan fingerprint density at radius 3 is 2.25 bits per heavy atom. The van der Waals surface area contributed by atoms with E-state index in [9.17, 15) is 18.0 Å². The van der Waals surface area contributed by atoms with Gasteiger partial charge in [-0.1, -0.05) is 114 Å². The second-order valence-corrected chi connectivity index (χ2v) is 14.3. The van der Waals surface area contributed by atoms with Crippen LogP contribution in [0, 0.1) is 0 Å². The van der Waals surface area contributed by atoms with Gasteiger partial charge < -0.3 is 10.2 Å². The van der Waals surface area contributed by atoms with Gasteiger partial charge in [-0.05, 0) is 47.6 Å². The molecule has 5 rings (SSSR count). The van der Waals surface area contributed by atoms with E-state index in [-0.39, 0.29) is 18.5 Å². The van der Waals surface area contributed by atoms with Crippen molar-refractivity contribution in [2.75, 3.05) is 17.1 Å². The summed E-state index contributed by atoms with van der Waals surface area (Å²) in [6.07, 6.45) is 6.50. The lowest BCUT2D eigenvalue weighted by molar-refractivity contribution is -0.140. The maximum atomic E-state index is 14.5. The van der Waals surface area contributed by atoms with E-state index in [1.807, 2.05) is 84.9 Å². The number of nitrogens with one attached hydrogen (secondary N) is 1. The molecule has 230 valence electrons. The molecule has 4 aromatic rings. The molecule has 1 N–H and O–H groups in total. The lowest BCUT2D eigenvalue weighted by Crippen LogP contribution is -2.55. The van der Waals surface area contributed by atoms with E-state index in [1.54, 1.807) is 17.0 Å². The van der Waals surface area contributed by atoms with Crippen LogP contribution in [0.25, 0.3) is 10.8 Å². The third-order valence-electron chi connectivity index (χ3n) is 8.18.